The van der Waals surface area contributed by atoms with Gasteiger partial charge in [0.1, 0.15) is 11.3 Å². The first kappa shape index (κ1) is 12.0. The van der Waals surface area contributed by atoms with Crippen LogP contribution in [0.25, 0.3) is 11.0 Å². The molecule has 7 nitrogen and oxygen atoms in total. The molecule has 2 aromatic rings. The van der Waals surface area contributed by atoms with Crippen molar-refractivity contribution in [1.29, 1.82) is 0 Å². The fourth-order valence-corrected chi connectivity index (χ4v) is 2.08. The predicted octanol–water partition coefficient (Wildman–Crippen LogP) is -0.131. The normalized spacial score (nSPS) is 16.0. The largest absolute Gasteiger partial charge is 0.378 e. The molecule has 0 amide bonds. The molecule has 0 N–H and O–H groups in total. The Morgan fingerprint density at radius 3 is 2.74 bits per heavy atom. The second kappa shape index (κ2) is 4.58. The van der Waals surface area contributed by atoms with Crippen LogP contribution in [0.3, 0.4) is 0 Å². The first-order valence-electron chi connectivity index (χ1n) is 6.20. The van der Waals surface area contributed by atoms with E-state index in [2.05, 4.69) is 15.0 Å². The molecule has 0 aromatic carbocycles. The molecule has 7 heteroatoms. The van der Waals surface area contributed by atoms with Crippen molar-refractivity contribution in [3.8, 4) is 0 Å². The van der Waals surface area contributed by atoms with E-state index in [1.165, 1.54) is 4.57 Å². The van der Waals surface area contributed by atoms with E-state index < -0.39 is 0 Å². The maximum absolute atomic E-state index is 12.2. The first-order valence-corrected chi connectivity index (χ1v) is 6.20. The minimum absolute atomic E-state index is 0.139. The molecule has 2 aromatic heterocycles. The smallest absolute Gasteiger partial charge is 0.279 e. The van der Waals surface area contributed by atoms with Crippen LogP contribution in [0.1, 0.15) is 5.82 Å². The zero-order chi connectivity index (χ0) is 13.4. The van der Waals surface area contributed by atoms with Gasteiger partial charge in [-0.25, -0.2) is 15.0 Å². The highest BCUT2D eigenvalue weighted by Gasteiger charge is 2.16. The third-order valence-electron chi connectivity index (χ3n) is 3.33. The van der Waals surface area contributed by atoms with Gasteiger partial charge in [-0.3, -0.25) is 9.36 Å². The molecule has 1 aliphatic rings. The average Bonchev–Trinajstić information content (AvgIpc) is 2.46. The Balaban J connectivity index is 2.12. The van der Waals surface area contributed by atoms with Crippen LogP contribution in [0.4, 0.5) is 5.95 Å². The number of rotatable bonds is 1. The van der Waals surface area contributed by atoms with E-state index in [-0.39, 0.29) is 5.56 Å². The molecule has 0 saturated carbocycles. The van der Waals surface area contributed by atoms with Crippen molar-refractivity contribution in [2.24, 2.45) is 7.05 Å². The lowest BCUT2D eigenvalue weighted by Gasteiger charge is -2.26. The van der Waals surface area contributed by atoms with Gasteiger partial charge in [0.25, 0.3) is 5.56 Å². The summed E-state index contributed by atoms with van der Waals surface area (Å²) in [6.07, 6.45) is 1.61. The molecule has 0 bridgehead atoms. The van der Waals surface area contributed by atoms with Gasteiger partial charge in [0, 0.05) is 20.1 Å². The maximum atomic E-state index is 12.2. The molecule has 1 fully saturated rings. The molecule has 0 aliphatic carbocycles. The monoisotopic (exact) mass is 261 g/mol. The third kappa shape index (κ3) is 2.06. The van der Waals surface area contributed by atoms with E-state index in [0.29, 0.717) is 36.0 Å². The van der Waals surface area contributed by atoms with Gasteiger partial charge < -0.3 is 9.64 Å². The van der Waals surface area contributed by atoms with Gasteiger partial charge in [0.05, 0.1) is 19.4 Å². The quantitative estimate of drug-likeness (QED) is 0.712. The zero-order valence-electron chi connectivity index (χ0n) is 11.0. The standard InChI is InChI=1S/C12H15N5O2/c1-8-14-9-7-13-12(17-3-5-19-6-4-17)15-10(9)11(18)16(8)2/h7H,3-6H2,1-2H3. The zero-order valence-corrected chi connectivity index (χ0v) is 11.0. The molecule has 3 heterocycles. The van der Waals surface area contributed by atoms with Crippen LogP contribution in [0, 0.1) is 6.92 Å². The highest BCUT2D eigenvalue weighted by Crippen LogP contribution is 2.12. The first-order chi connectivity index (χ1) is 9.16. The molecule has 1 saturated heterocycles. The Labute approximate surface area is 109 Å². The van der Waals surface area contributed by atoms with Crippen molar-refractivity contribution < 1.29 is 4.74 Å². The van der Waals surface area contributed by atoms with Crippen molar-refractivity contribution in [2.75, 3.05) is 31.2 Å². The topological polar surface area (TPSA) is 73.1 Å². The summed E-state index contributed by atoms with van der Waals surface area (Å²) in [7, 11) is 1.70. The number of aryl methyl sites for hydroxylation is 1. The lowest BCUT2D eigenvalue weighted by molar-refractivity contribution is 0.122. The highest BCUT2D eigenvalue weighted by molar-refractivity contribution is 5.73. The summed E-state index contributed by atoms with van der Waals surface area (Å²) < 4.78 is 6.79. The van der Waals surface area contributed by atoms with Crippen LogP contribution in [-0.4, -0.2) is 45.8 Å². The fraction of sp³-hybridized carbons (Fsp3) is 0.500. The number of hydrogen-bond acceptors (Lipinski definition) is 6. The van der Waals surface area contributed by atoms with E-state index in [4.69, 9.17) is 4.74 Å². The molecule has 0 radical (unpaired) electrons. The Kier molecular flexibility index (Phi) is 2.90. The van der Waals surface area contributed by atoms with Gasteiger partial charge >= 0.3 is 0 Å². The fourth-order valence-electron chi connectivity index (χ4n) is 2.08. The summed E-state index contributed by atoms with van der Waals surface area (Å²) in [5.41, 5.74) is 0.765. The molecule has 1 aliphatic heterocycles. The van der Waals surface area contributed by atoms with Gasteiger partial charge in [-0.15, -0.1) is 0 Å². The summed E-state index contributed by atoms with van der Waals surface area (Å²) in [4.78, 5) is 27.2. The van der Waals surface area contributed by atoms with Crippen LogP contribution >= 0.6 is 0 Å². The van der Waals surface area contributed by atoms with Crippen molar-refractivity contribution in [3.05, 3.63) is 22.4 Å². The third-order valence-corrected chi connectivity index (χ3v) is 3.33. The van der Waals surface area contributed by atoms with Crippen LogP contribution in [0.2, 0.25) is 0 Å². The second-order valence-electron chi connectivity index (χ2n) is 4.53. The number of morpholine rings is 1. The van der Waals surface area contributed by atoms with Crippen LogP contribution in [0.5, 0.6) is 0 Å². The van der Waals surface area contributed by atoms with E-state index >= 15 is 0 Å². The van der Waals surface area contributed by atoms with E-state index in [9.17, 15) is 4.79 Å². The van der Waals surface area contributed by atoms with E-state index in [0.717, 1.165) is 13.1 Å². The van der Waals surface area contributed by atoms with Crippen molar-refractivity contribution in [2.45, 2.75) is 6.92 Å². The van der Waals surface area contributed by atoms with Crippen molar-refractivity contribution in [3.63, 3.8) is 0 Å². The van der Waals surface area contributed by atoms with Gasteiger partial charge in [0.2, 0.25) is 5.95 Å². The van der Waals surface area contributed by atoms with Crippen molar-refractivity contribution in [1.82, 2.24) is 19.5 Å². The predicted molar refractivity (Wildman–Crippen MR) is 70.3 cm³/mol. The van der Waals surface area contributed by atoms with Crippen LogP contribution in [0.15, 0.2) is 11.0 Å². The van der Waals surface area contributed by atoms with Crippen LogP contribution < -0.4 is 10.5 Å². The van der Waals surface area contributed by atoms with E-state index in [1.54, 1.807) is 20.2 Å². The second-order valence-corrected chi connectivity index (χ2v) is 4.53. The molecule has 3 rings (SSSR count). The summed E-state index contributed by atoms with van der Waals surface area (Å²) in [6.45, 7) is 4.59. The van der Waals surface area contributed by atoms with E-state index in [1.807, 2.05) is 4.90 Å². The number of ether oxygens (including phenoxy) is 1. The molecule has 0 spiro atoms. The molecule has 19 heavy (non-hydrogen) atoms. The minimum atomic E-state index is -0.139. The number of nitrogens with zero attached hydrogens (tertiary/aromatic N) is 5. The molecular formula is C12H15N5O2. The Morgan fingerprint density at radius 1 is 1.26 bits per heavy atom. The Morgan fingerprint density at radius 2 is 2.00 bits per heavy atom. The lowest BCUT2D eigenvalue weighted by atomic mass is 10.4. The van der Waals surface area contributed by atoms with Gasteiger partial charge in [-0.05, 0) is 6.92 Å². The van der Waals surface area contributed by atoms with Crippen molar-refractivity contribution >= 4 is 17.0 Å². The highest BCUT2D eigenvalue weighted by atomic mass is 16.5. The number of aromatic nitrogens is 4. The summed E-state index contributed by atoms with van der Waals surface area (Å²) in [5, 5.41) is 0. The lowest BCUT2D eigenvalue weighted by Crippen LogP contribution is -2.37. The summed E-state index contributed by atoms with van der Waals surface area (Å²) in [6, 6.07) is 0. The number of fused-ring (bicyclic) bond motifs is 1. The molecule has 0 unspecified atom stereocenters. The Bertz CT molecular complexity index is 676. The minimum Gasteiger partial charge on any atom is -0.378 e. The average molecular weight is 261 g/mol. The molecular weight excluding hydrogens is 246 g/mol. The molecule has 0 atom stereocenters. The molecule has 100 valence electrons. The van der Waals surface area contributed by atoms with Gasteiger partial charge in [-0.2, -0.15) is 0 Å². The summed E-state index contributed by atoms with van der Waals surface area (Å²) in [5.74, 6) is 1.22. The Hall–Kier alpha value is -2.02. The van der Waals surface area contributed by atoms with Crippen LogP contribution in [-0.2, 0) is 11.8 Å². The number of anilines is 1. The number of hydrogen-bond donors (Lipinski definition) is 0. The van der Waals surface area contributed by atoms with Gasteiger partial charge in [-0.1, -0.05) is 0 Å². The maximum Gasteiger partial charge on any atom is 0.279 e. The summed E-state index contributed by atoms with van der Waals surface area (Å²) >= 11 is 0. The van der Waals surface area contributed by atoms with Gasteiger partial charge in [0.15, 0.2) is 5.52 Å². The SMILES string of the molecule is Cc1nc2cnc(N3CCOCC3)nc2c(=O)n1C.